The largest absolute Gasteiger partial charge is 0.397 e. The SMILES string of the molecule is Nc1c(Br)cnc2c1cnn2C1CCCCO1. The standard InChI is InChI=1S/C11H13BrN4O/c12-8-6-14-11-7(10(8)13)5-15-16(11)9-3-1-2-4-17-9/h5-6,9H,1-4H2,(H2,13,14). The molecule has 0 saturated carbocycles. The summed E-state index contributed by atoms with van der Waals surface area (Å²) in [5, 5.41) is 5.22. The highest BCUT2D eigenvalue weighted by Crippen LogP contribution is 2.30. The lowest BCUT2D eigenvalue weighted by molar-refractivity contribution is -0.0370. The van der Waals surface area contributed by atoms with Gasteiger partial charge in [-0.2, -0.15) is 5.10 Å². The molecule has 90 valence electrons. The highest BCUT2D eigenvalue weighted by Gasteiger charge is 2.20. The maximum Gasteiger partial charge on any atom is 0.162 e. The summed E-state index contributed by atoms with van der Waals surface area (Å²) >= 11 is 3.37. The van der Waals surface area contributed by atoms with Crippen molar-refractivity contribution in [2.75, 3.05) is 12.3 Å². The smallest absolute Gasteiger partial charge is 0.162 e. The molecule has 3 heterocycles. The molecule has 0 spiro atoms. The first-order chi connectivity index (χ1) is 8.27. The first-order valence-electron chi connectivity index (χ1n) is 5.66. The maximum atomic E-state index is 5.98. The van der Waals surface area contributed by atoms with Crippen LogP contribution in [0.2, 0.25) is 0 Å². The lowest BCUT2D eigenvalue weighted by atomic mass is 10.2. The summed E-state index contributed by atoms with van der Waals surface area (Å²) in [6.07, 6.45) is 6.72. The summed E-state index contributed by atoms with van der Waals surface area (Å²) in [7, 11) is 0. The molecule has 5 nitrogen and oxygen atoms in total. The van der Waals surface area contributed by atoms with Crippen LogP contribution in [-0.4, -0.2) is 21.4 Å². The van der Waals surface area contributed by atoms with Crippen molar-refractivity contribution in [3.05, 3.63) is 16.9 Å². The lowest BCUT2D eigenvalue weighted by Gasteiger charge is -2.23. The molecular formula is C11H13BrN4O. The molecule has 1 unspecified atom stereocenters. The third kappa shape index (κ3) is 1.81. The third-order valence-electron chi connectivity index (χ3n) is 3.05. The van der Waals surface area contributed by atoms with Gasteiger partial charge in [-0.05, 0) is 35.2 Å². The second-order valence-electron chi connectivity index (χ2n) is 4.17. The van der Waals surface area contributed by atoms with E-state index in [1.54, 1.807) is 12.4 Å². The van der Waals surface area contributed by atoms with Crippen LogP contribution in [0.4, 0.5) is 5.69 Å². The van der Waals surface area contributed by atoms with Crippen molar-refractivity contribution in [3.8, 4) is 0 Å². The minimum Gasteiger partial charge on any atom is -0.397 e. The van der Waals surface area contributed by atoms with Crippen molar-refractivity contribution < 1.29 is 4.74 Å². The second kappa shape index (κ2) is 4.27. The highest BCUT2D eigenvalue weighted by molar-refractivity contribution is 9.10. The molecule has 0 aliphatic carbocycles. The number of nitrogens with zero attached hydrogens (tertiary/aromatic N) is 3. The van der Waals surface area contributed by atoms with Gasteiger partial charge in [0.2, 0.25) is 0 Å². The summed E-state index contributed by atoms with van der Waals surface area (Å²) in [6, 6.07) is 0. The first kappa shape index (κ1) is 11.0. The molecule has 1 saturated heterocycles. The van der Waals surface area contributed by atoms with Crippen LogP contribution < -0.4 is 5.73 Å². The van der Waals surface area contributed by atoms with Gasteiger partial charge in [-0.1, -0.05) is 0 Å². The van der Waals surface area contributed by atoms with Gasteiger partial charge >= 0.3 is 0 Å². The number of halogens is 1. The Morgan fingerprint density at radius 2 is 2.29 bits per heavy atom. The number of rotatable bonds is 1. The maximum absolute atomic E-state index is 5.98. The van der Waals surface area contributed by atoms with Crippen LogP contribution in [0, 0.1) is 0 Å². The first-order valence-corrected chi connectivity index (χ1v) is 6.45. The number of fused-ring (bicyclic) bond motifs is 1. The Balaban J connectivity index is 2.08. The Kier molecular flexibility index (Phi) is 2.76. The van der Waals surface area contributed by atoms with Crippen LogP contribution in [0.25, 0.3) is 11.0 Å². The average Bonchev–Trinajstić information content (AvgIpc) is 2.79. The number of aromatic nitrogens is 3. The summed E-state index contributed by atoms with van der Waals surface area (Å²) in [4.78, 5) is 4.37. The zero-order valence-electron chi connectivity index (χ0n) is 9.27. The predicted octanol–water partition coefficient (Wildman–Crippen LogP) is 2.48. The van der Waals surface area contributed by atoms with Crippen molar-refractivity contribution in [3.63, 3.8) is 0 Å². The molecule has 1 aliphatic rings. The molecule has 2 aromatic heterocycles. The Morgan fingerprint density at radius 3 is 3.06 bits per heavy atom. The summed E-state index contributed by atoms with van der Waals surface area (Å²) in [6.45, 7) is 0.790. The zero-order valence-corrected chi connectivity index (χ0v) is 10.9. The van der Waals surface area contributed by atoms with Gasteiger partial charge in [0.1, 0.15) is 0 Å². The molecule has 2 N–H and O–H groups in total. The minimum absolute atomic E-state index is 0.00525. The Morgan fingerprint density at radius 1 is 1.41 bits per heavy atom. The molecule has 0 amide bonds. The molecule has 6 heteroatoms. The van der Waals surface area contributed by atoms with Crippen molar-refractivity contribution >= 4 is 32.7 Å². The van der Waals surface area contributed by atoms with Gasteiger partial charge in [0.15, 0.2) is 11.9 Å². The summed E-state index contributed by atoms with van der Waals surface area (Å²) < 4.78 is 8.34. The molecule has 17 heavy (non-hydrogen) atoms. The van der Waals surface area contributed by atoms with Crippen molar-refractivity contribution in [1.29, 1.82) is 0 Å². The highest BCUT2D eigenvalue weighted by atomic mass is 79.9. The van der Waals surface area contributed by atoms with E-state index in [1.165, 1.54) is 0 Å². The minimum atomic E-state index is -0.00525. The number of nitrogens with two attached hydrogens (primary N) is 1. The van der Waals surface area contributed by atoms with Gasteiger partial charge in [0.05, 0.1) is 21.7 Å². The van der Waals surface area contributed by atoms with E-state index < -0.39 is 0 Å². The van der Waals surface area contributed by atoms with E-state index in [1.807, 2.05) is 4.68 Å². The van der Waals surface area contributed by atoms with Crippen LogP contribution in [0.3, 0.4) is 0 Å². The van der Waals surface area contributed by atoms with Gasteiger partial charge in [-0.15, -0.1) is 0 Å². The van der Waals surface area contributed by atoms with E-state index >= 15 is 0 Å². The van der Waals surface area contributed by atoms with Crippen LogP contribution in [0.1, 0.15) is 25.5 Å². The van der Waals surface area contributed by atoms with E-state index in [4.69, 9.17) is 10.5 Å². The molecule has 1 aliphatic heterocycles. The Bertz CT molecular complexity index is 548. The molecule has 2 aromatic rings. The Labute approximate surface area is 107 Å². The van der Waals surface area contributed by atoms with E-state index in [2.05, 4.69) is 26.0 Å². The van der Waals surface area contributed by atoms with Crippen LogP contribution >= 0.6 is 15.9 Å². The van der Waals surface area contributed by atoms with E-state index in [0.29, 0.717) is 5.69 Å². The number of hydrogen-bond donors (Lipinski definition) is 1. The van der Waals surface area contributed by atoms with Gasteiger partial charge in [0, 0.05) is 12.8 Å². The number of nitrogen functional groups attached to an aromatic ring is 1. The average molecular weight is 297 g/mol. The van der Waals surface area contributed by atoms with E-state index in [0.717, 1.165) is 41.4 Å². The van der Waals surface area contributed by atoms with Crippen LogP contribution in [0.15, 0.2) is 16.9 Å². The summed E-state index contributed by atoms with van der Waals surface area (Å²) in [5.41, 5.74) is 7.45. The Hall–Kier alpha value is -1.14. The third-order valence-corrected chi connectivity index (χ3v) is 3.68. The van der Waals surface area contributed by atoms with E-state index in [-0.39, 0.29) is 6.23 Å². The number of ether oxygens (including phenoxy) is 1. The fourth-order valence-corrected chi connectivity index (χ4v) is 2.43. The molecule has 3 rings (SSSR count). The predicted molar refractivity (Wildman–Crippen MR) is 68.5 cm³/mol. The van der Waals surface area contributed by atoms with Crippen molar-refractivity contribution in [2.24, 2.45) is 0 Å². The molecule has 1 atom stereocenters. The van der Waals surface area contributed by atoms with Crippen molar-refractivity contribution in [2.45, 2.75) is 25.5 Å². The zero-order chi connectivity index (χ0) is 11.8. The number of pyridine rings is 1. The monoisotopic (exact) mass is 296 g/mol. The molecule has 0 bridgehead atoms. The summed E-state index contributed by atoms with van der Waals surface area (Å²) in [5.74, 6) is 0. The van der Waals surface area contributed by atoms with Crippen molar-refractivity contribution in [1.82, 2.24) is 14.8 Å². The van der Waals surface area contributed by atoms with E-state index in [9.17, 15) is 0 Å². The van der Waals surface area contributed by atoms with Crippen LogP contribution in [-0.2, 0) is 4.74 Å². The molecular weight excluding hydrogens is 284 g/mol. The quantitative estimate of drug-likeness (QED) is 0.878. The normalized spacial score (nSPS) is 20.9. The lowest BCUT2D eigenvalue weighted by Crippen LogP contribution is -2.19. The molecule has 1 fully saturated rings. The molecule has 0 radical (unpaired) electrons. The number of anilines is 1. The van der Waals surface area contributed by atoms with Gasteiger partial charge in [-0.25, -0.2) is 9.67 Å². The fourth-order valence-electron chi connectivity index (χ4n) is 2.12. The molecule has 0 aromatic carbocycles. The number of hydrogen-bond acceptors (Lipinski definition) is 4. The van der Waals surface area contributed by atoms with Gasteiger partial charge < -0.3 is 10.5 Å². The van der Waals surface area contributed by atoms with Gasteiger partial charge in [0.25, 0.3) is 0 Å². The second-order valence-corrected chi connectivity index (χ2v) is 5.02. The van der Waals surface area contributed by atoms with Gasteiger partial charge in [-0.3, -0.25) is 0 Å². The fraction of sp³-hybridized carbons (Fsp3) is 0.455. The topological polar surface area (TPSA) is 66.0 Å². The van der Waals surface area contributed by atoms with Crippen LogP contribution in [0.5, 0.6) is 0 Å².